The van der Waals surface area contributed by atoms with Crippen molar-refractivity contribution in [2.75, 3.05) is 5.32 Å². The predicted octanol–water partition coefficient (Wildman–Crippen LogP) is 2.91. The van der Waals surface area contributed by atoms with Gasteiger partial charge in [-0.15, -0.1) is 13.2 Å². The van der Waals surface area contributed by atoms with E-state index in [2.05, 4.69) is 10.1 Å². The van der Waals surface area contributed by atoms with Crippen LogP contribution >= 0.6 is 0 Å². The molecule has 0 saturated heterocycles. The highest BCUT2D eigenvalue weighted by atomic mass is 19.4. The zero-order valence-electron chi connectivity index (χ0n) is 8.38. The van der Waals surface area contributed by atoms with Crippen molar-refractivity contribution in [2.45, 2.75) is 19.3 Å². The highest BCUT2D eigenvalue weighted by molar-refractivity contribution is 5.47. The van der Waals surface area contributed by atoms with Gasteiger partial charge in [-0.2, -0.15) is 5.26 Å². The van der Waals surface area contributed by atoms with Gasteiger partial charge >= 0.3 is 6.36 Å². The van der Waals surface area contributed by atoms with E-state index in [9.17, 15) is 13.2 Å². The van der Waals surface area contributed by atoms with Gasteiger partial charge < -0.3 is 10.1 Å². The lowest BCUT2D eigenvalue weighted by Crippen LogP contribution is -2.17. The fourth-order valence-corrected chi connectivity index (χ4v) is 1.04. The maximum atomic E-state index is 11.8. The first-order valence-corrected chi connectivity index (χ1v) is 4.42. The number of hydrogen-bond acceptors (Lipinski definition) is 3. The van der Waals surface area contributed by atoms with Crippen LogP contribution in [0.25, 0.3) is 0 Å². The summed E-state index contributed by atoms with van der Waals surface area (Å²) in [6.07, 6.45) is -4.69. The number of ether oxygens (including phenoxy) is 1. The van der Waals surface area contributed by atoms with Gasteiger partial charge in [0.25, 0.3) is 0 Å². The third-order valence-electron chi connectivity index (χ3n) is 1.66. The summed E-state index contributed by atoms with van der Waals surface area (Å²) in [6.45, 7) is 1.64. The van der Waals surface area contributed by atoms with E-state index >= 15 is 0 Å². The van der Waals surface area contributed by atoms with Crippen LogP contribution in [0.3, 0.4) is 0 Å². The van der Waals surface area contributed by atoms with Crippen molar-refractivity contribution in [1.82, 2.24) is 0 Å². The maximum Gasteiger partial charge on any atom is 0.573 e. The standard InChI is InChI=1S/C10H9F3N2O/c1-7(6-14)15-8-2-4-9(5-3-8)16-10(11,12)13/h2-5,7,15H,1H3. The second-order valence-electron chi connectivity index (χ2n) is 3.07. The number of benzene rings is 1. The minimum atomic E-state index is -4.69. The molecule has 0 saturated carbocycles. The first kappa shape index (κ1) is 12.2. The molecule has 0 radical (unpaired) electrons. The maximum absolute atomic E-state index is 11.8. The van der Waals surface area contributed by atoms with Crippen molar-refractivity contribution in [1.29, 1.82) is 5.26 Å². The van der Waals surface area contributed by atoms with Crippen LogP contribution in [-0.2, 0) is 0 Å². The number of nitriles is 1. The highest BCUT2D eigenvalue weighted by Gasteiger charge is 2.30. The van der Waals surface area contributed by atoms with Gasteiger partial charge in [0.15, 0.2) is 0 Å². The van der Waals surface area contributed by atoms with Gasteiger partial charge in [0.05, 0.1) is 6.07 Å². The fourth-order valence-electron chi connectivity index (χ4n) is 1.04. The molecule has 0 aliphatic rings. The quantitative estimate of drug-likeness (QED) is 0.868. The van der Waals surface area contributed by atoms with E-state index in [0.717, 1.165) is 0 Å². The number of nitrogens with one attached hydrogen (secondary N) is 1. The first-order valence-electron chi connectivity index (χ1n) is 4.42. The largest absolute Gasteiger partial charge is 0.573 e. The van der Waals surface area contributed by atoms with Crippen molar-refractivity contribution < 1.29 is 17.9 Å². The molecule has 0 heterocycles. The lowest BCUT2D eigenvalue weighted by atomic mass is 10.2. The summed E-state index contributed by atoms with van der Waals surface area (Å²) in [4.78, 5) is 0. The molecule has 1 rings (SSSR count). The molecular formula is C10H9F3N2O. The van der Waals surface area contributed by atoms with Crippen LogP contribution in [-0.4, -0.2) is 12.4 Å². The van der Waals surface area contributed by atoms with E-state index in [0.29, 0.717) is 5.69 Å². The molecule has 1 atom stereocenters. The molecule has 86 valence electrons. The molecule has 6 heteroatoms. The molecule has 0 aromatic heterocycles. The van der Waals surface area contributed by atoms with Crippen molar-refractivity contribution in [3.8, 4) is 11.8 Å². The Bertz CT molecular complexity index is 381. The second kappa shape index (κ2) is 4.75. The number of alkyl halides is 3. The van der Waals surface area contributed by atoms with Gasteiger partial charge in [-0.3, -0.25) is 0 Å². The van der Waals surface area contributed by atoms with E-state index in [-0.39, 0.29) is 5.75 Å². The van der Waals surface area contributed by atoms with E-state index in [1.807, 2.05) is 6.07 Å². The normalized spacial score (nSPS) is 12.7. The molecule has 1 unspecified atom stereocenters. The number of halogens is 3. The lowest BCUT2D eigenvalue weighted by Gasteiger charge is -2.11. The molecule has 16 heavy (non-hydrogen) atoms. The van der Waals surface area contributed by atoms with Crippen molar-refractivity contribution >= 4 is 5.69 Å². The van der Waals surface area contributed by atoms with E-state index in [1.165, 1.54) is 24.3 Å². The summed E-state index contributed by atoms with van der Waals surface area (Å²) in [7, 11) is 0. The summed E-state index contributed by atoms with van der Waals surface area (Å²) in [5.41, 5.74) is 0.559. The second-order valence-corrected chi connectivity index (χ2v) is 3.07. The Morgan fingerprint density at radius 1 is 1.31 bits per heavy atom. The number of rotatable bonds is 3. The Balaban J connectivity index is 2.65. The van der Waals surface area contributed by atoms with Crippen molar-refractivity contribution in [2.24, 2.45) is 0 Å². The highest BCUT2D eigenvalue weighted by Crippen LogP contribution is 2.23. The van der Waals surface area contributed by atoms with Crippen molar-refractivity contribution in [3.05, 3.63) is 24.3 Å². The number of nitrogens with zero attached hydrogens (tertiary/aromatic N) is 1. The van der Waals surface area contributed by atoms with Crippen LogP contribution in [0.4, 0.5) is 18.9 Å². The van der Waals surface area contributed by atoms with Gasteiger partial charge in [0, 0.05) is 5.69 Å². The SMILES string of the molecule is CC(C#N)Nc1ccc(OC(F)(F)F)cc1. The Kier molecular flexibility index (Phi) is 3.61. The fraction of sp³-hybridized carbons (Fsp3) is 0.300. The average molecular weight is 230 g/mol. The molecule has 1 aromatic rings. The van der Waals surface area contributed by atoms with Gasteiger partial charge in [-0.1, -0.05) is 0 Å². The Morgan fingerprint density at radius 3 is 2.31 bits per heavy atom. The summed E-state index contributed by atoms with van der Waals surface area (Å²) in [6, 6.07) is 6.72. The van der Waals surface area contributed by atoms with Crippen LogP contribution in [0.2, 0.25) is 0 Å². The van der Waals surface area contributed by atoms with Gasteiger partial charge in [-0.05, 0) is 31.2 Å². The smallest absolute Gasteiger partial charge is 0.406 e. The molecule has 0 spiro atoms. The third kappa shape index (κ3) is 4.09. The molecule has 1 N–H and O–H groups in total. The van der Waals surface area contributed by atoms with E-state index < -0.39 is 12.4 Å². The molecular weight excluding hydrogens is 221 g/mol. The van der Waals surface area contributed by atoms with E-state index in [4.69, 9.17) is 5.26 Å². The molecule has 0 amide bonds. The summed E-state index contributed by atoms with van der Waals surface area (Å²) < 4.78 is 39.2. The molecule has 0 bridgehead atoms. The van der Waals surface area contributed by atoms with Gasteiger partial charge in [-0.25, -0.2) is 0 Å². The summed E-state index contributed by atoms with van der Waals surface area (Å²) >= 11 is 0. The first-order chi connectivity index (χ1) is 7.40. The zero-order valence-corrected chi connectivity index (χ0v) is 8.38. The third-order valence-corrected chi connectivity index (χ3v) is 1.66. The Hall–Kier alpha value is -1.90. The Morgan fingerprint density at radius 2 is 1.88 bits per heavy atom. The van der Waals surface area contributed by atoms with Crippen LogP contribution in [0.1, 0.15) is 6.92 Å². The molecule has 0 fully saturated rings. The molecule has 0 aliphatic carbocycles. The minimum Gasteiger partial charge on any atom is -0.406 e. The van der Waals surface area contributed by atoms with Crippen LogP contribution < -0.4 is 10.1 Å². The molecule has 1 aromatic carbocycles. The van der Waals surface area contributed by atoms with Crippen LogP contribution in [0.15, 0.2) is 24.3 Å². The van der Waals surface area contributed by atoms with Crippen LogP contribution in [0.5, 0.6) is 5.75 Å². The van der Waals surface area contributed by atoms with Gasteiger partial charge in [0.2, 0.25) is 0 Å². The van der Waals surface area contributed by atoms with E-state index in [1.54, 1.807) is 6.92 Å². The summed E-state index contributed by atoms with van der Waals surface area (Å²) in [5, 5.41) is 11.3. The molecule has 3 nitrogen and oxygen atoms in total. The molecule has 0 aliphatic heterocycles. The lowest BCUT2D eigenvalue weighted by molar-refractivity contribution is -0.274. The average Bonchev–Trinajstić information content (AvgIpc) is 2.18. The monoisotopic (exact) mass is 230 g/mol. The summed E-state index contributed by atoms with van der Waals surface area (Å²) in [5.74, 6) is -0.289. The predicted molar refractivity (Wildman–Crippen MR) is 51.8 cm³/mol. The van der Waals surface area contributed by atoms with Crippen molar-refractivity contribution in [3.63, 3.8) is 0 Å². The minimum absolute atomic E-state index is 0.289. The zero-order chi connectivity index (χ0) is 12.2. The topological polar surface area (TPSA) is 45.0 Å². The van der Waals surface area contributed by atoms with Gasteiger partial charge in [0.1, 0.15) is 11.8 Å². The number of anilines is 1. The van der Waals surface area contributed by atoms with Crippen LogP contribution in [0, 0.1) is 11.3 Å². The number of hydrogen-bond donors (Lipinski definition) is 1. The Labute approximate surface area is 90.4 Å².